The minimum Gasteiger partial charge on any atom is -0.467 e. The molecule has 10 nitrogen and oxygen atoms in total. The molecule has 0 saturated carbocycles. The summed E-state index contributed by atoms with van der Waals surface area (Å²) >= 11 is 0. The van der Waals surface area contributed by atoms with E-state index >= 15 is 0 Å². The molecular weight excluding hydrogens is 400 g/mol. The third kappa shape index (κ3) is 7.05. The molecule has 2 rings (SSSR count). The van der Waals surface area contributed by atoms with Crippen LogP contribution in [0.4, 0.5) is 5.69 Å². The Morgan fingerprint density at radius 3 is 2.34 bits per heavy atom. The second kappa shape index (κ2) is 9.85. The van der Waals surface area contributed by atoms with Crippen molar-refractivity contribution in [2.24, 2.45) is 0 Å². The van der Waals surface area contributed by atoms with Gasteiger partial charge in [-0.3, -0.25) is 14.4 Å². The molecule has 156 valence electrons. The zero-order valence-electron chi connectivity index (χ0n) is 15.9. The number of carbonyl (C=O) groups excluding carboxylic acids is 3. The van der Waals surface area contributed by atoms with Gasteiger partial charge in [-0.2, -0.15) is 4.72 Å². The van der Waals surface area contributed by atoms with Crippen molar-refractivity contribution in [2.45, 2.75) is 31.3 Å². The Kier molecular flexibility index (Phi) is 7.51. The SMILES string of the molecule is CC(=O)Nc1ccc(S(=O)(=O)N[C@@H](C)C(=O)NCC(=O)NCc2ccco2)cc1. The zero-order valence-corrected chi connectivity index (χ0v) is 16.7. The third-order valence-electron chi connectivity index (χ3n) is 3.67. The molecule has 1 aromatic heterocycles. The number of amides is 3. The lowest BCUT2D eigenvalue weighted by Crippen LogP contribution is -2.47. The summed E-state index contributed by atoms with van der Waals surface area (Å²) in [6.07, 6.45) is 1.48. The summed E-state index contributed by atoms with van der Waals surface area (Å²) in [5.41, 5.74) is 0.447. The van der Waals surface area contributed by atoms with Crippen LogP contribution in [0.2, 0.25) is 0 Å². The van der Waals surface area contributed by atoms with Crippen LogP contribution in [0.15, 0.2) is 52.0 Å². The van der Waals surface area contributed by atoms with Crippen molar-refractivity contribution in [2.75, 3.05) is 11.9 Å². The second-order valence-electron chi connectivity index (χ2n) is 6.12. The van der Waals surface area contributed by atoms with Crippen molar-refractivity contribution >= 4 is 33.4 Å². The Balaban J connectivity index is 1.83. The maximum Gasteiger partial charge on any atom is 0.241 e. The smallest absolute Gasteiger partial charge is 0.241 e. The summed E-state index contributed by atoms with van der Waals surface area (Å²) in [4.78, 5) is 34.8. The third-order valence-corrected chi connectivity index (χ3v) is 5.23. The molecule has 0 aliphatic heterocycles. The van der Waals surface area contributed by atoms with E-state index in [4.69, 9.17) is 4.42 Å². The molecule has 3 amide bonds. The first kappa shape index (κ1) is 22.1. The fourth-order valence-electron chi connectivity index (χ4n) is 2.26. The van der Waals surface area contributed by atoms with Crippen LogP contribution in [0, 0.1) is 0 Å². The molecule has 0 bridgehead atoms. The first-order valence-electron chi connectivity index (χ1n) is 8.64. The molecule has 11 heteroatoms. The van der Waals surface area contributed by atoms with E-state index in [2.05, 4.69) is 20.7 Å². The van der Waals surface area contributed by atoms with Crippen molar-refractivity contribution in [3.63, 3.8) is 0 Å². The molecule has 2 aromatic rings. The van der Waals surface area contributed by atoms with E-state index in [1.165, 1.54) is 44.4 Å². The van der Waals surface area contributed by atoms with E-state index in [-0.39, 0.29) is 23.9 Å². The zero-order chi connectivity index (χ0) is 21.4. The van der Waals surface area contributed by atoms with Crippen molar-refractivity contribution in [3.8, 4) is 0 Å². The van der Waals surface area contributed by atoms with Gasteiger partial charge in [0.2, 0.25) is 27.7 Å². The van der Waals surface area contributed by atoms with Gasteiger partial charge in [-0.05, 0) is 43.3 Å². The van der Waals surface area contributed by atoms with E-state index in [9.17, 15) is 22.8 Å². The summed E-state index contributed by atoms with van der Waals surface area (Å²) in [5.74, 6) is -0.817. The van der Waals surface area contributed by atoms with Crippen molar-refractivity contribution < 1.29 is 27.2 Å². The maximum atomic E-state index is 12.4. The number of benzene rings is 1. The molecule has 0 spiro atoms. The molecule has 0 fully saturated rings. The van der Waals surface area contributed by atoms with Crippen molar-refractivity contribution in [1.29, 1.82) is 0 Å². The van der Waals surface area contributed by atoms with Crippen LogP contribution in [0.5, 0.6) is 0 Å². The quantitative estimate of drug-likeness (QED) is 0.458. The van der Waals surface area contributed by atoms with Crippen molar-refractivity contribution in [3.05, 3.63) is 48.4 Å². The molecule has 0 radical (unpaired) electrons. The van der Waals surface area contributed by atoms with Gasteiger partial charge in [-0.1, -0.05) is 0 Å². The van der Waals surface area contributed by atoms with Gasteiger partial charge in [0, 0.05) is 12.6 Å². The number of carbonyl (C=O) groups is 3. The molecule has 1 heterocycles. The van der Waals surface area contributed by atoms with Gasteiger partial charge in [0.15, 0.2) is 0 Å². The van der Waals surface area contributed by atoms with Crippen LogP contribution in [-0.2, 0) is 31.0 Å². The van der Waals surface area contributed by atoms with Crippen molar-refractivity contribution in [1.82, 2.24) is 15.4 Å². The summed E-state index contributed by atoms with van der Waals surface area (Å²) in [6, 6.07) is 7.75. The van der Waals surface area contributed by atoms with Crippen LogP contribution in [0.1, 0.15) is 19.6 Å². The molecule has 4 N–H and O–H groups in total. The lowest BCUT2D eigenvalue weighted by Gasteiger charge is -2.14. The molecule has 0 aliphatic carbocycles. The minimum atomic E-state index is -3.96. The van der Waals surface area contributed by atoms with Gasteiger partial charge in [0.1, 0.15) is 5.76 Å². The van der Waals surface area contributed by atoms with Crippen LogP contribution in [-0.4, -0.2) is 38.7 Å². The lowest BCUT2D eigenvalue weighted by molar-refractivity contribution is -0.126. The number of sulfonamides is 1. The van der Waals surface area contributed by atoms with E-state index in [1.54, 1.807) is 12.1 Å². The van der Waals surface area contributed by atoms with Gasteiger partial charge in [-0.15, -0.1) is 0 Å². The van der Waals surface area contributed by atoms with Gasteiger partial charge < -0.3 is 20.4 Å². The maximum absolute atomic E-state index is 12.4. The van der Waals surface area contributed by atoms with Gasteiger partial charge in [0.25, 0.3) is 0 Å². The Morgan fingerprint density at radius 2 is 1.76 bits per heavy atom. The highest BCUT2D eigenvalue weighted by molar-refractivity contribution is 7.89. The number of anilines is 1. The average molecular weight is 422 g/mol. The molecule has 29 heavy (non-hydrogen) atoms. The first-order valence-corrected chi connectivity index (χ1v) is 10.1. The fourth-order valence-corrected chi connectivity index (χ4v) is 3.46. The number of hydrogen-bond acceptors (Lipinski definition) is 6. The Bertz CT molecular complexity index is 955. The first-order chi connectivity index (χ1) is 13.7. The lowest BCUT2D eigenvalue weighted by atomic mass is 10.3. The summed E-state index contributed by atoms with van der Waals surface area (Å²) in [7, 11) is -3.96. The standard InChI is InChI=1S/C18H22N4O6S/c1-12(18(25)20-11-17(24)19-10-15-4-3-9-28-15)22-29(26,27)16-7-5-14(6-8-16)21-13(2)23/h3-9,12,22H,10-11H2,1-2H3,(H,19,24)(H,20,25)(H,21,23)/t12-/m0/s1. The highest BCUT2D eigenvalue weighted by Gasteiger charge is 2.22. The van der Waals surface area contributed by atoms with Crippen LogP contribution in [0.3, 0.4) is 0 Å². The number of hydrogen-bond donors (Lipinski definition) is 4. The fraction of sp³-hybridized carbons (Fsp3) is 0.278. The van der Waals surface area contributed by atoms with Crippen LogP contribution < -0.4 is 20.7 Å². The van der Waals surface area contributed by atoms with E-state index < -0.39 is 27.9 Å². The molecule has 0 unspecified atom stereocenters. The average Bonchev–Trinajstić information content (AvgIpc) is 3.17. The van der Waals surface area contributed by atoms with Gasteiger partial charge in [-0.25, -0.2) is 8.42 Å². The largest absolute Gasteiger partial charge is 0.467 e. The van der Waals surface area contributed by atoms with Crippen LogP contribution in [0.25, 0.3) is 0 Å². The van der Waals surface area contributed by atoms with E-state index in [0.29, 0.717) is 11.4 Å². The second-order valence-corrected chi connectivity index (χ2v) is 7.84. The van der Waals surface area contributed by atoms with E-state index in [0.717, 1.165) is 0 Å². The molecule has 0 aliphatic rings. The van der Waals surface area contributed by atoms with E-state index in [1.807, 2.05) is 0 Å². The number of rotatable bonds is 9. The molecule has 1 atom stereocenters. The molecule has 0 saturated heterocycles. The Labute approximate surface area is 168 Å². The highest BCUT2D eigenvalue weighted by atomic mass is 32.2. The Hall–Kier alpha value is -3.18. The summed E-state index contributed by atoms with van der Waals surface area (Å²) in [6.45, 7) is 2.57. The topological polar surface area (TPSA) is 147 Å². The number of nitrogens with one attached hydrogen (secondary N) is 4. The summed E-state index contributed by atoms with van der Waals surface area (Å²) in [5, 5.41) is 7.44. The Morgan fingerprint density at radius 1 is 1.07 bits per heavy atom. The molecular formula is C18H22N4O6S. The van der Waals surface area contributed by atoms with Gasteiger partial charge >= 0.3 is 0 Å². The van der Waals surface area contributed by atoms with Gasteiger partial charge in [0.05, 0.1) is 30.3 Å². The minimum absolute atomic E-state index is 0.0672. The number of furan rings is 1. The highest BCUT2D eigenvalue weighted by Crippen LogP contribution is 2.14. The van der Waals surface area contributed by atoms with Crippen LogP contribution >= 0.6 is 0 Å². The normalized spacial score (nSPS) is 12.1. The monoisotopic (exact) mass is 422 g/mol. The predicted molar refractivity (Wildman–Crippen MR) is 104 cm³/mol. The predicted octanol–water partition coefficient (Wildman–Crippen LogP) is 0.337. The molecule has 1 aromatic carbocycles. The summed E-state index contributed by atoms with van der Waals surface area (Å²) < 4.78 is 32.1.